The van der Waals surface area contributed by atoms with Crippen molar-refractivity contribution in [3.63, 3.8) is 0 Å². The highest BCUT2D eigenvalue weighted by Crippen LogP contribution is 2.35. The molecule has 19 heavy (non-hydrogen) atoms. The fourth-order valence-electron chi connectivity index (χ4n) is 3.00. The molecule has 0 N–H and O–H groups in total. The Hall–Kier alpha value is -0.780. The van der Waals surface area contributed by atoms with E-state index in [0.717, 1.165) is 21.6 Å². The minimum absolute atomic E-state index is 0.0973. The van der Waals surface area contributed by atoms with Crippen LogP contribution in [0.25, 0.3) is 0 Å². The lowest BCUT2D eigenvalue weighted by molar-refractivity contribution is -0.121. The van der Waals surface area contributed by atoms with E-state index in [9.17, 15) is 4.79 Å². The van der Waals surface area contributed by atoms with Gasteiger partial charge < -0.3 is 9.64 Å². The molecule has 0 spiro atoms. The van der Waals surface area contributed by atoms with E-state index < -0.39 is 0 Å². The predicted octanol–water partition coefficient (Wildman–Crippen LogP) is 3.60. The van der Waals surface area contributed by atoms with Crippen molar-refractivity contribution in [2.45, 2.75) is 32.1 Å². The second kappa shape index (κ2) is 5.69. The lowest BCUT2D eigenvalue weighted by Crippen LogP contribution is -2.42. The van der Waals surface area contributed by atoms with Crippen LogP contribution in [0.1, 0.15) is 32.1 Å². The first kappa shape index (κ1) is 13.2. The van der Waals surface area contributed by atoms with Crippen molar-refractivity contribution in [3.8, 4) is 5.75 Å². The molecular weight excluding hydrogens is 353 g/mol. The first-order valence-electron chi connectivity index (χ1n) is 6.97. The summed E-state index contributed by atoms with van der Waals surface area (Å²) >= 11 is 2.28. The van der Waals surface area contributed by atoms with Crippen LogP contribution in [0, 0.1) is 9.49 Å². The number of halogens is 1. The number of nitrogens with zero attached hydrogens (tertiary/aromatic N) is 1. The van der Waals surface area contributed by atoms with Crippen molar-refractivity contribution in [2.24, 2.45) is 5.92 Å². The molecule has 0 aromatic heterocycles. The summed E-state index contributed by atoms with van der Waals surface area (Å²) in [7, 11) is 0. The van der Waals surface area contributed by atoms with E-state index >= 15 is 0 Å². The van der Waals surface area contributed by atoms with Gasteiger partial charge in [-0.3, -0.25) is 4.79 Å². The Balaban J connectivity index is 1.83. The summed E-state index contributed by atoms with van der Waals surface area (Å²) in [6, 6.07) is 6.04. The van der Waals surface area contributed by atoms with Gasteiger partial charge in [0.2, 0.25) is 0 Å². The third-order valence-corrected chi connectivity index (χ3v) is 4.70. The molecular formula is C15H18INO2. The van der Waals surface area contributed by atoms with Gasteiger partial charge >= 0.3 is 0 Å². The summed E-state index contributed by atoms with van der Waals surface area (Å²) in [4.78, 5) is 14.1. The quantitative estimate of drug-likeness (QED) is 0.744. The smallest absolute Gasteiger partial charge is 0.265 e. The van der Waals surface area contributed by atoms with Crippen molar-refractivity contribution in [2.75, 3.05) is 18.1 Å². The van der Waals surface area contributed by atoms with Gasteiger partial charge in [-0.05, 0) is 59.5 Å². The summed E-state index contributed by atoms with van der Waals surface area (Å²) < 4.78 is 6.66. The van der Waals surface area contributed by atoms with Gasteiger partial charge in [0.05, 0.1) is 5.69 Å². The molecule has 1 heterocycles. The molecule has 1 saturated carbocycles. The summed E-state index contributed by atoms with van der Waals surface area (Å²) in [6.45, 7) is 1.04. The number of carbonyl (C=O) groups is 1. The SMILES string of the molecule is O=C1COc2ccc(I)cc2N1CC1CCCCC1. The Morgan fingerprint density at radius 2 is 2.05 bits per heavy atom. The zero-order valence-corrected chi connectivity index (χ0v) is 13.1. The van der Waals surface area contributed by atoms with E-state index in [1.54, 1.807) is 0 Å². The number of anilines is 1. The van der Waals surface area contributed by atoms with Crippen LogP contribution >= 0.6 is 22.6 Å². The van der Waals surface area contributed by atoms with Crippen LogP contribution < -0.4 is 9.64 Å². The third kappa shape index (κ3) is 2.88. The lowest BCUT2D eigenvalue weighted by atomic mass is 9.88. The first-order chi connectivity index (χ1) is 9.24. The average Bonchev–Trinajstić information content (AvgIpc) is 2.43. The number of hydrogen-bond acceptors (Lipinski definition) is 2. The number of rotatable bonds is 2. The lowest BCUT2D eigenvalue weighted by Gasteiger charge is -2.33. The molecule has 0 unspecified atom stereocenters. The predicted molar refractivity (Wildman–Crippen MR) is 83.6 cm³/mol. The Bertz CT molecular complexity index is 483. The maximum atomic E-state index is 12.1. The summed E-state index contributed by atoms with van der Waals surface area (Å²) in [5.41, 5.74) is 0.953. The van der Waals surface area contributed by atoms with Crippen molar-refractivity contribution >= 4 is 34.2 Å². The molecule has 0 saturated heterocycles. The molecule has 1 amide bonds. The van der Waals surface area contributed by atoms with Gasteiger partial charge in [-0.15, -0.1) is 0 Å². The number of ether oxygens (including phenoxy) is 1. The van der Waals surface area contributed by atoms with E-state index in [-0.39, 0.29) is 12.5 Å². The highest BCUT2D eigenvalue weighted by Gasteiger charge is 2.28. The largest absolute Gasteiger partial charge is 0.482 e. The molecule has 0 atom stereocenters. The zero-order valence-electron chi connectivity index (χ0n) is 10.9. The number of amides is 1. The van der Waals surface area contributed by atoms with Crippen molar-refractivity contribution in [1.29, 1.82) is 0 Å². The Kier molecular flexibility index (Phi) is 3.96. The normalized spacial score (nSPS) is 20.1. The highest BCUT2D eigenvalue weighted by molar-refractivity contribution is 14.1. The molecule has 0 bridgehead atoms. The number of carbonyl (C=O) groups excluding carboxylic acids is 1. The summed E-state index contributed by atoms with van der Waals surface area (Å²) in [6.07, 6.45) is 6.47. The van der Waals surface area contributed by atoms with Crippen LogP contribution in [0.15, 0.2) is 18.2 Å². The van der Waals surface area contributed by atoms with Crippen molar-refractivity contribution in [3.05, 3.63) is 21.8 Å². The monoisotopic (exact) mass is 371 g/mol. The first-order valence-corrected chi connectivity index (χ1v) is 8.04. The third-order valence-electron chi connectivity index (χ3n) is 4.03. The summed E-state index contributed by atoms with van der Waals surface area (Å²) in [5.74, 6) is 1.59. The molecule has 3 rings (SSSR count). The highest BCUT2D eigenvalue weighted by atomic mass is 127. The molecule has 1 aromatic rings. The van der Waals surface area contributed by atoms with Gasteiger partial charge in [0, 0.05) is 10.1 Å². The van der Waals surface area contributed by atoms with Crippen LogP contribution in [-0.2, 0) is 4.79 Å². The second-order valence-electron chi connectivity index (χ2n) is 5.41. The van der Waals surface area contributed by atoms with Crippen molar-refractivity contribution in [1.82, 2.24) is 0 Å². The second-order valence-corrected chi connectivity index (χ2v) is 6.65. The molecule has 2 aliphatic rings. The van der Waals surface area contributed by atoms with Gasteiger partial charge in [-0.1, -0.05) is 19.3 Å². The minimum atomic E-state index is 0.0973. The van der Waals surface area contributed by atoms with E-state index in [1.165, 1.54) is 32.1 Å². The fourth-order valence-corrected chi connectivity index (χ4v) is 3.48. The molecule has 1 fully saturated rings. The van der Waals surface area contributed by atoms with Gasteiger partial charge in [-0.25, -0.2) is 0 Å². The van der Waals surface area contributed by atoms with Crippen LogP contribution in [0.4, 0.5) is 5.69 Å². The zero-order chi connectivity index (χ0) is 13.2. The van der Waals surface area contributed by atoms with Crippen LogP contribution in [0.2, 0.25) is 0 Å². The topological polar surface area (TPSA) is 29.5 Å². The molecule has 1 aromatic carbocycles. The Labute approximate surface area is 127 Å². The number of benzene rings is 1. The van der Waals surface area contributed by atoms with Gasteiger partial charge in [-0.2, -0.15) is 0 Å². The van der Waals surface area contributed by atoms with Crippen molar-refractivity contribution < 1.29 is 9.53 Å². The van der Waals surface area contributed by atoms with Crippen LogP contribution in [0.3, 0.4) is 0 Å². The molecule has 1 aliphatic carbocycles. The molecule has 0 radical (unpaired) electrons. The minimum Gasteiger partial charge on any atom is -0.482 e. The van der Waals surface area contributed by atoms with E-state index in [1.807, 2.05) is 17.0 Å². The summed E-state index contributed by atoms with van der Waals surface area (Å²) in [5, 5.41) is 0. The van der Waals surface area contributed by atoms with E-state index in [0.29, 0.717) is 5.92 Å². The van der Waals surface area contributed by atoms with Crippen LogP contribution in [0.5, 0.6) is 5.75 Å². The van der Waals surface area contributed by atoms with Gasteiger partial charge in [0.25, 0.3) is 5.91 Å². The van der Waals surface area contributed by atoms with Gasteiger partial charge in [0.1, 0.15) is 5.75 Å². The molecule has 1 aliphatic heterocycles. The fraction of sp³-hybridized carbons (Fsp3) is 0.533. The van der Waals surface area contributed by atoms with E-state index in [4.69, 9.17) is 4.74 Å². The molecule has 4 heteroatoms. The standard InChI is InChI=1S/C15H18INO2/c16-12-6-7-14-13(8-12)17(15(18)10-19-14)9-11-4-2-1-3-5-11/h6-8,11H,1-5,9-10H2. The Morgan fingerprint density at radius 3 is 2.84 bits per heavy atom. The molecule has 3 nitrogen and oxygen atoms in total. The molecule has 102 valence electrons. The maximum absolute atomic E-state index is 12.1. The van der Waals surface area contributed by atoms with E-state index in [2.05, 4.69) is 28.7 Å². The van der Waals surface area contributed by atoms with Crippen LogP contribution in [-0.4, -0.2) is 19.1 Å². The Morgan fingerprint density at radius 1 is 1.26 bits per heavy atom. The average molecular weight is 371 g/mol. The number of hydrogen-bond donors (Lipinski definition) is 0. The number of fused-ring (bicyclic) bond motifs is 1. The van der Waals surface area contributed by atoms with Gasteiger partial charge in [0.15, 0.2) is 6.61 Å². The maximum Gasteiger partial charge on any atom is 0.265 e.